The molecule has 0 bridgehead atoms. The maximum atomic E-state index is 13.8. The molecule has 3 aromatic rings. The molecule has 0 fully saturated rings. The Bertz CT molecular complexity index is 1420. The molecule has 4 unspecified atom stereocenters. The highest BCUT2D eigenvalue weighted by molar-refractivity contribution is 5.93. The highest BCUT2D eigenvalue weighted by Gasteiger charge is 2.40. The Morgan fingerprint density at radius 3 is 2.65 bits per heavy atom. The largest absolute Gasteiger partial charge is 0.504 e. The van der Waals surface area contributed by atoms with Crippen LogP contribution in [0.4, 0.5) is 0 Å². The summed E-state index contributed by atoms with van der Waals surface area (Å²) in [7, 11) is 1.28. The Morgan fingerprint density at radius 1 is 1.25 bits per heavy atom. The van der Waals surface area contributed by atoms with Crippen LogP contribution >= 0.6 is 0 Å². The number of carbonyl (C=O) groups excluding carboxylic acids is 2. The minimum atomic E-state index is -1.30. The van der Waals surface area contributed by atoms with Crippen molar-refractivity contribution in [1.29, 1.82) is 0 Å². The lowest BCUT2D eigenvalue weighted by Crippen LogP contribution is -2.58. The number of ether oxygens (including phenoxy) is 1. The van der Waals surface area contributed by atoms with Gasteiger partial charge in [-0.05, 0) is 42.0 Å². The Kier molecular flexibility index (Phi) is 8.50. The molecule has 4 rings (SSSR count). The predicted molar refractivity (Wildman–Crippen MR) is 145 cm³/mol. The molecule has 12 heteroatoms. The van der Waals surface area contributed by atoms with E-state index in [4.69, 9.17) is 10.5 Å². The predicted octanol–water partition coefficient (Wildman–Crippen LogP) is 0.999. The van der Waals surface area contributed by atoms with E-state index in [2.05, 4.69) is 10.3 Å². The van der Waals surface area contributed by atoms with E-state index in [-0.39, 0.29) is 55.2 Å². The zero-order valence-electron chi connectivity index (χ0n) is 22.3. The molecule has 0 saturated heterocycles. The minimum absolute atomic E-state index is 0.0202. The first-order valence-electron chi connectivity index (χ1n) is 12.9. The normalized spacial score (nSPS) is 17.1. The van der Waals surface area contributed by atoms with Crippen LogP contribution in [0.1, 0.15) is 30.0 Å². The standard InChI is InChI=1S/C28H34N4O8/c1-14(13-33)7-21(28(38)39)31-26(36)22-9-15-10-23(34)25(40-2)24(35)18(15)12-32(22)27(37)19(29)8-16-11-30-20-6-4-3-5-17(16)20/h3-6,10-11,14,19,21-22,30,33-35H,7-9,12-13,29H2,1-2H3,(H,31,36)(H,38,39). The van der Waals surface area contributed by atoms with Gasteiger partial charge in [0, 0.05) is 35.7 Å². The summed E-state index contributed by atoms with van der Waals surface area (Å²) in [6.45, 7) is 1.17. The first-order chi connectivity index (χ1) is 19.0. The number of hydrogen-bond acceptors (Lipinski definition) is 8. The number of phenols is 2. The third kappa shape index (κ3) is 5.68. The third-order valence-electron chi connectivity index (χ3n) is 7.34. The monoisotopic (exact) mass is 554 g/mol. The number of rotatable bonds is 10. The molecule has 8 N–H and O–H groups in total. The average Bonchev–Trinajstić information content (AvgIpc) is 3.34. The summed E-state index contributed by atoms with van der Waals surface area (Å²) in [4.78, 5) is 43.5. The molecule has 2 amide bonds. The second kappa shape index (κ2) is 11.8. The van der Waals surface area contributed by atoms with Crippen LogP contribution in [0.3, 0.4) is 0 Å². The molecule has 1 aliphatic rings. The van der Waals surface area contributed by atoms with Crippen molar-refractivity contribution in [3.05, 3.63) is 53.2 Å². The number of aromatic nitrogens is 1. The van der Waals surface area contributed by atoms with Gasteiger partial charge >= 0.3 is 5.97 Å². The maximum Gasteiger partial charge on any atom is 0.326 e. The van der Waals surface area contributed by atoms with Gasteiger partial charge in [0.25, 0.3) is 0 Å². The Hall–Kier alpha value is -4.29. The maximum absolute atomic E-state index is 13.8. The first-order valence-corrected chi connectivity index (χ1v) is 12.9. The Labute approximate surface area is 230 Å². The highest BCUT2D eigenvalue weighted by atomic mass is 16.5. The molecular formula is C28H34N4O8. The summed E-state index contributed by atoms with van der Waals surface area (Å²) in [6.07, 6.45) is 1.80. The van der Waals surface area contributed by atoms with Crippen molar-refractivity contribution in [2.24, 2.45) is 11.7 Å². The summed E-state index contributed by atoms with van der Waals surface area (Å²) in [6, 6.07) is 5.38. The summed E-state index contributed by atoms with van der Waals surface area (Å²) >= 11 is 0. The van der Waals surface area contributed by atoms with Gasteiger partial charge in [0.15, 0.2) is 11.5 Å². The number of amides is 2. The van der Waals surface area contributed by atoms with Gasteiger partial charge in [0.05, 0.1) is 19.7 Å². The molecular weight excluding hydrogens is 520 g/mol. The number of carboxylic acid groups (broad SMARTS) is 1. The van der Waals surface area contributed by atoms with Crippen LogP contribution in [0.15, 0.2) is 36.5 Å². The van der Waals surface area contributed by atoms with Crippen molar-refractivity contribution < 1.29 is 39.5 Å². The molecule has 4 atom stereocenters. The Morgan fingerprint density at radius 2 is 1.98 bits per heavy atom. The van der Waals surface area contributed by atoms with E-state index in [9.17, 15) is 34.8 Å². The average molecular weight is 555 g/mol. The van der Waals surface area contributed by atoms with Crippen LogP contribution in [0.25, 0.3) is 10.9 Å². The minimum Gasteiger partial charge on any atom is -0.504 e. The topological polar surface area (TPSA) is 198 Å². The van der Waals surface area contributed by atoms with Crippen LogP contribution in [0.2, 0.25) is 0 Å². The van der Waals surface area contributed by atoms with Crippen molar-refractivity contribution in [1.82, 2.24) is 15.2 Å². The van der Waals surface area contributed by atoms with Gasteiger partial charge in [-0.3, -0.25) is 9.59 Å². The van der Waals surface area contributed by atoms with Crippen LogP contribution in [-0.4, -0.2) is 79.9 Å². The summed E-state index contributed by atoms with van der Waals surface area (Å²) < 4.78 is 5.10. The van der Waals surface area contributed by atoms with Crippen LogP contribution < -0.4 is 15.8 Å². The number of para-hydroxylation sites is 1. The van der Waals surface area contributed by atoms with Gasteiger partial charge in [-0.1, -0.05) is 25.1 Å². The van der Waals surface area contributed by atoms with Gasteiger partial charge < -0.3 is 46.1 Å². The number of aromatic amines is 1. The fraction of sp³-hybridized carbons (Fsp3) is 0.393. The molecule has 1 aliphatic heterocycles. The third-order valence-corrected chi connectivity index (χ3v) is 7.34. The second-order valence-electron chi connectivity index (χ2n) is 10.2. The molecule has 12 nitrogen and oxygen atoms in total. The van der Waals surface area contributed by atoms with Crippen molar-refractivity contribution >= 4 is 28.7 Å². The lowest BCUT2D eigenvalue weighted by molar-refractivity contribution is -0.146. The molecule has 2 aromatic carbocycles. The SMILES string of the molecule is COc1c(O)cc2c(c1O)CN(C(=O)C(N)Cc1c[nH]c3ccccc13)C(C(=O)NC(CC(C)CO)C(=O)O)C2. The van der Waals surface area contributed by atoms with E-state index in [0.717, 1.165) is 16.5 Å². The number of aliphatic hydroxyl groups is 1. The highest BCUT2D eigenvalue weighted by Crippen LogP contribution is 2.43. The van der Waals surface area contributed by atoms with Crippen LogP contribution in [0, 0.1) is 5.92 Å². The lowest BCUT2D eigenvalue weighted by Gasteiger charge is -2.38. The number of fused-ring (bicyclic) bond motifs is 2. The first kappa shape index (κ1) is 28.7. The number of aliphatic carboxylic acids is 1. The quantitative estimate of drug-likeness (QED) is 0.191. The number of aliphatic hydroxyl groups excluding tert-OH is 1. The van der Waals surface area contributed by atoms with Crippen molar-refractivity contribution in [3.8, 4) is 17.2 Å². The van der Waals surface area contributed by atoms with Gasteiger partial charge in [0.1, 0.15) is 12.1 Å². The fourth-order valence-corrected chi connectivity index (χ4v) is 5.16. The number of benzene rings is 2. The molecule has 214 valence electrons. The number of carbonyl (C=O) groups is 3. The van der Waals surface area contributed by atoms with Crippen LogP contribution in [-0.2, 0) is 33.8 Å². The number of hydrogen-bond donors (Lipinski definition) is 7. The number of methoxy groups -OCH3 is 1. The van der Waals surface area contributed by atoms with Gasteiger partial charge in [-0.15, -0.1) is 0 Å². The second-order valence-corrected chi connectivity index (χ2v) is 10.2. The molecule has 0 spiro atoms. The number of phenolic OH excluding ortho intramolecular Hbond substituents is 2. The van der Waals surface area contributed by atoms with Gasteiger partial charge in [-0.2, -0.15) is 0 Å². The number of nitrogens with one attached hydrogen (secondary N) is 2. The molecule has 0 radical (unpaired) electrons. The number of nitrogens with zero attached hydrogens (tertiary/aromatic N) is 1. The summed E-state index contributed by atoms with van der Waals surface area (Å²) in [5.41, 5.74) is 8.77. The van der Waals surface area contributed by atoms with E-state index in [0.29, 0.717) is 5.56 Å². The fourth-order valence-electron chi connectivity index (χ4n) is 5.16. The zero-order valence-corrected chi connectivity index (χ0v) is 22.3. The smallest absolute Gasteiger partial charge is 0.326 e. The van der Waals surface area contributed by atoms with Gasteiger partial charge in [-0.25, -0.2) is 4.79 Å². The summed E-state index contributed by atoms with van der Waals surface area (Å²) in [5, 5.41) is 43.5. The van der Waals surface area contributed by atoms with E-state index < -0.39 is 41.8 Å². The molecule has 0 saturated carbocycles. The molecule has 2 heterocycles. The van der Waals surface area contributed by atoms with E-state index in [1.165, 1.54) is 18.1 Å². The zero-order chi connectivity index (χ0) is 29.1. The summed E-state index contributed by atoms with van der Waals surface area (Å²) in [5.74, 6) is -3.84. The molecule has 0 aliphatic carbocycles. The number of H-pyrrole nitrogens is 1. The van der Waals surface area contributed by atoms with E-state index in [1.807, 2.05) is 24.3 Å². The molecule has 40 heavy (non-hydrogen) atoms. The van der Waals surface area contributed by atoms with E-state index >= 15 is 0 Å². The van der Waals surface area contributed by atoms with Crippen molar-refractivity contribution in [3.63, 3.8) is 0 Å². The van der Waals surface area contributed by atoms with Gasteiger partial charge in [0.2, 0.25) is 17.6 Å². The van der Waals surface area contributed by atoms with Crippen LogP contribution in [0.5, 0.6) is 17.2 Å². The van der Waals surface area contributed by atoms with E-state index in [1.54, 1.807) is 13.1 Å². The number of aromatic hydroxyl groups is 2. The van der Waals surface area contributed by atoms with Crippen molar-refractivity contribution in [2.45, 2.75) is 50.9 Å². The number of carboxylic acids is 1. The van der Waals surface area contributed by atoms with Crippen molar-refractivity contribution in [2.75, 3.05) is 13.7 Å². The lowest BCUT2D eigenvalue weighted by atomic mass is 9.90. The Balaban J connectivity index is 1.66. The number of nitrogens with two attached hydrogens (primary N) is 1. The molecule has 1 aromatic heterocycles.